The molecule has 1 saturated carbocycles. The van der Waals surface area contributed by atoms with E-state index in [0.29, 0.717) is 36.3 Å². The maximum absolute atomic E-state index is 12.6. The molecule has 0 spiro atoms. The first-order valence-electron chi connectivity index (χ1n) is 9.29. The first-order chi connectivity index (χ1) is 13.0. The lowest BCUT2D eigenvalue weighted by atomic mass is 10.2. The lowest BCUT2D eigenvalue weighted by molar-refractivity contribution is -0.137. The smallest absolute Gasteiger partial charge is 0.322 e. The van der Waals surface area contributed by atoms with Gasteiger partial charge in [-0.25, -0.2) is 4.79 Å². The third kappa shape index (κ3) is 4.50. The largest absolute Gasteiger partial charge is 0.495 e. The minimum absolute atomic E-state index is 0.00209. The normalized spacial score (nSPS) is 17.8. The van der Waals surface area contributed by atoms with Crippen molar-refractivity contribution < 1.29 is 19.1 Å². The number of hydrogen-bond donors (Lipinski definition) is 2. The van der Waals surface area contributed by atoms with Gasteiger partial charge in [-0.05, 0) is 31.0 Å². The van der Waals surface area contributed by atoms with E-state index in [1.807, 2.05) is 4.90 Å². The number of benzene rings is 1. The number of ether oxygens (including phenoxy) is 1. The molecule has 0 unspecified atom stereocenters. The van der Waals surface area contributed by atoms with Crippen molar-refractivity contribution in [3.63, 3.8) is 0 Å². The summed E-state index contributed by atoms with van der Waals surface area (Å²) in [5.41, 5.74) is 1.00. The van der Waals surface area contributed by atoms with Crippen LogP contribution in [0.25, 0.3) is 0 Å². The summed E-state index contributed by atoms with van der Waals surface area (Å²) in [6.07, 6.45) is 4.46. The van der Waals surface area contributed by atoms with Crippen molar-refractivity contribution >= 4 is 29.2 Å². The highest BCUT2D eigenvalue weighted by atomic mass is 16.5. The average molecular weight is 374 g/mol. The van der Waals surface area contributed by atoms with Gasteiger partial charge in [0.25, 0.3) is 0 Å². The Bertz CT molecular complexity index is 730. The highest BCUT2D eigenvalue weighted by molar-refractivity contribution is 5.96. The number of piperazine rings is 1. The van der Waals surface area contributed by atoms with Gasteiger partial charge >= 0.3 is 6.03 Å². The van der Waals surface area contributed by atoms with Crippen LogP contribution in [0.1, 0.15) is 32.6 Å². The van der Waals surface area contributed by atoms with Crippen molar-refractivity contribution in [3.8, 4) is 5.75 Å². The summed E-state index contributed by atoms with van der Waals surface area (Å²) < 4.78 is 5.28. The van der Waals surface area contributed by atoms with Gasteiger partial charge in [0.2, 0.25) is 11.8 Å². The summed E-state index contributed by atoms with van der Waals surface area (Å²) in [4.78, 5) is 39.8. The van der Waals surface area contributed by atoms with Crippen molar-refractivity contribution in [3.05, 3.63) is 18.2 Å². The predicted molar refractivity (Wildman–Crippen MR) is 102 cm³/mol. The average Bonchev–Trinajstić information content (AvgIpc) is 3.15. The van der Waals surface area contributed by atoms with Crippen molar-refractivity contribution in [2.45, 2.75) is 38.6 Å². The molecule has 0 aromatic heterocycles. The van der Waals surface area contributed by atoms with E-state index in [2.05, 4.69) is 10.6 Å². The van der Waals surface area contributed by atoms with Gasteiger partial charge in [0.1, 0.15) is 12.3 Å². The summed E-state index contributed by atoms with van der Waals surface area (Å²) >= 11 is 0. The van der Waals surface area contributed by atoms with E-state index < -0.39 is 0 Å². The molecule has 0 radical (unpaired) electrons. The Balaban J connectivity index is 1.65. The zero-order chi connectivity index (χ0) is 19.4. The maximum Gasteiger partial charge on any atom is 0.322 e. The number of anilines is 2. The Hall–Kier alpha value is -2.77. The van der Waals surface area contributed by atoms with E-state index in [0.717, 1.165) is 12.8 Å². The number of nitrogens with zero attached hydrogens (tertiary/aromatic N) is 2. The number of urea groups is 1. The number of amides is 4. The fourth-order valence-corrected chi connectivity index (χ4v) is 3.74. The van der Waals surface area contributed by atoms with Gasteiger partial charge in [-0.2, -0.15) is 0 Å². The van der Waals surface area contributed by atoms with Crippen molar-refractivity contribution in [1.29, 1.82) is 0 Å². The molecule has 1 aliphatic heterocycles. The van der Waals surface area contributed by atoms with Gasteiger partial charge < -0.3 is 25.2 Å². The molecule has 1 aliphatic carbocycles. The van der Waals surface area contributed by atoms with Crippen molar-refractivity contribution in [2.24, 2.45) is 0 Å². The minimum Gasteiger partial charge on any atom is -0.495 e. The Labute approximate surface area is 158 Å². The first kappa shape index (κ1) is 19.0. The second kappa shape index (κ2) is 8.28. The molecule has 1 saturated heterocycles. The molecule has 0 atom stereocenters. The maximum atomic E-state index is 12.6. The van der Waals surface area contributed by atoms with Crippen molar-refractivity contribution in [2.75, 3.05) is 37.4 Å². The van der Waals surface area contributed by atoms with Crippen LogP contribution in [0, 0.1) is 0 Å². The predicted octanol–water partition coefficient (Wildman–Crippen LogP) is 2.27. The lowest BCUT2D eigenvalue weighted by Gasteiger charge is -2.37. The zero-order valence-electron chi connectivity index (χ0n) is 15.8. The van der Waals surface area contributed by atoms with Crippen molar-refractivity contribution in [1.82, 2.24) is 9.80 Å². The van der Waals surface area contributed by atoms with Gasteiger partial charge in [-0.3, -0.25) is 9.59 Å². The van der Waals surface area contributed by atoms with Crippen LogP contribution in [-0.4, -0.2) is 60.4 Å². The van der Waals surface area contributed by atoms with Crippen LogP contribution >= 0.6 is 0 Å². The number of nitrogens with one attached hydrogen (secondary N) is 2. The molecule has 2 N–H and O–H groups in total. The third-order valence-electron chi connectivity index (χ3n) is 5.07. The van der Waals surface area contributed by atoms with Gasteiger partial charge in [0.15, 0.2) is 0 Å². The quantitative estimate of drug-likeness (QED) is 0.846. The summed E-state index contributed by atoms with van der Waals surface area (Å²) in [6.45, 7) is 2.57. The van der Waals surface area contributed by atoms with Gasteiger partial charge in [-0.1, -0.05) is 12.8 Å². The van der Waals surface area contributed by atoms with Gasteiger partial charge in [0, 0.05) is 31.7 Å². The number of carbonyl (C=O) groups excluding carboxylic acids is 3. The zero-order valence-corrected chi connectivity index (χ0v) is 15.8. The lowest BCUT2D eigenvalue weighted by Crippen LogP contribution is -2.55. The van der Waals surface area contributed by atoms with Gasteiger partial charge in [0.05, 0.1) is 12.8 Å². The monoisotopic (exact) mass is 374 g/mol. The molecule has 4 amide bonds. The summed E-state index contributed by atoms with van der Waals surface area (Å²) in [6, 6.07) is 4.98. The van der Waals surface area contributed by atoms with Crippen LogP contribution < -0.4 is 15.4 Å². The van der Waals surface area contributed by atoms with E-state index in [1.54, 1.807) is 18.2 Å². The molecule has 2 fully saturated rings. The fourth-order valence-electron chi connectivity index (χ4n) is 3.74. The highest BCUT2D eigenvalue weighted by Crippen LogP contribution is 2.29. The fraction of sp³-hybridized carbons (Fsp3) is 0.526. The molecular formula is C19H26N4O4. The second-order valence-corrected chi connectivity index (χ2v) is 6.97. The molecular weight excluding hydrogens is 348 g/mol. The minimum atomic E-state index is -0.354. The topological polar surface area (TPSA) is 91.0 Å². The number of carbonyl (C=O) groups is 3. The molecule has 8 heteroatoms. The van der Waals surface area contributed by atoms with E-state index in [9.17, 15) is 14.4 Å². The Morgan fingerprint density at radius 3 is 2.52 bits per heavy atom. The number of hydrogen-bond acceptors (Lipinski definition) is 4. The van der Waals surface area contributed by atoms with Crippen LogP contribution in [0.5, 0.6) is 5.75 Å². The molecule has 8 nitrogen and oxygen atoms in total. The van der Waals surface area contributed by atoms with Gasteiger partial charge in [-0.15, -0.1) is 0 Å². The van der Waals surface area contributed by atoms with Crippen LogP contribution in [0.4, 0.5) is 16.2 Å². The standard InChI is InChI=1S/C19H26N4O4/c1-13(24)20-14-7-8-17(27-2)16(11-14)21-19(26)22-9-10-23(18(25)12-22)15-5-3-4-6-15/h7-8,11,15H,3-6,9-10,12H2,1-2H3,(H,20,24)(H,21,26). The van der Waals surface area contributed by atoms with E-state index >= 15 is 0 Å². The van der Waals surface area contributed by atoms with Crippen LogP contribution in [0.15, 0.2) is 18.2 Å². The van der Waals surface area contributed by atoms with E-state index in [-0.39, 0.29) is 24.4 Å². The molecule has 1 aromatic carbocycles. The molecule has 146 valence electrons. The summed E-state index contributed by atoms with van der Waals surface area (Å²) in [5, 5.41) is 5.46. The molecule has 1 aromatic rings. The highest BCUT2D eigenvalue weighted by Gasteiger charge is 2.33. The molecule has 1 heterocycles. The summed E-state index contributed by atoms with van der Waals surface area (Å²) in [7, 11) is 1.51. The van der Waals surface area contributed by atoms with Crippen LogP contribution in [-0.2, 0) is 9.59 Å². The molecule has 3 rings (SSSR count). The van der Waals surface area contributed by atoms with E-state index in [4.69, 9.17) is 4.74 Å². The SMILES string of the molecule is COc1ccc(NC(C)=O)cc1NC(=O)N1CCN(C2CCCC2)C(=O)C1. The number of rotatable bonds is 4. The molecule has 27 heavy (non-hydrogen) atoms. The van der Waals surface area contributed by atoms with Crippen LogP contribution in [0.3, 0.4) is 0 Å². The Morgan fingerprint density at radius 1 is 1.15 bits per heavy atom. The number of methoxy groups -OCH3 is 1. The Kier molecular flexibility index (Phi) is 5.83. The molecule has 0 bridgehead atoms. The Morgan fingerprint density at radius 2 is 1.89 bits per heavy atom. The van der Waals surface area contributed by atoms with Crippen LogP contribution in [0.2, 0.25) is 0 Å². The third-order valence-corrected chi connectivity index (χ3v) is 5.07. The summed E-state index contributed by atoms with van der Waals surface area (Å²) in [5.74, 6) is 0.279. The second-order valence-electron chi connectivity index (χ2n) is 6.97. The molecule has 2 aliphatic rings. The first-order valence-corrected chi connectivity index (χ1v) is 9.29. The van der Waals surface area contributed by atoms with E-state index in [1.165, 1.54) is 31.8 Å².